The molecule has 1 aliphatic rings. The number of aryl methyl sites for hydroxylation is 1. The van der Waals surface area contributed by atoms with Crippen molar-refractivity contribution in [2.24, 2.45) is 5.73 Å². The van der Waals surface area contributed by atoms with E-state index in [1.165, 1.54) is 35.2 Å². The summed E-state index contributed by atoms with van der Waals surface area (Å²) in [5.74, 6) is -0.551. The summed E-state index contributed by atoms with van der Waals surface area (Å²) in [6.45, 7) is 2.92. The molecule has 1 aliphatic heterocycles. The van der Waals surface area contributed by atoms with Gasteiger partial charge in [-0.25, -0.2) is 19.7 Å². The molecule has 7 N–H and O–H groups in total. The molecule has 0 aliphatic carbocycles. The molecule has 1 unspecified atom stereocenters. The van der Waals surface area contributed by atoms with E-state index in [4.69, 9.17) is 25.7 Å². The summed E-state index contributed by atoms with van der Waals surface area (Å²) in [4.78, 5) is 66.2. The Balaban J connectivity index is 1.37. The van der Waals surface area contributed by atoms with Gasteiger partial charge in [0.15, 0.2) is 29.7 Å². The van der Waals surface area contributed by atoms with E-state index in [0.717, 1.165) is 0 Å². The molecule has 18 heteroatoms. The number of rotatable bonds is 19. The normalized spacial score (nSPS) is 20.0. The second-order valence-corrected chi connectivity index (χ2v) is 13.0. The molecule has 0 bridgehead atoms. The Morgan fingerprint density at radius 2 is 1.90 bits per heavy atom. The number of ketones is 1. The third-order valence-corrected chi connectivity index (χ3v) is 8.96. The van der Waals surface area contributed by atoms with Crippen molar-refractivity contribution < 1.29 is 43.6 Å². The Morgan fingerprint density at radius 3 is 2.62 bits per heavy atom. The largest absolute Gasteiger partial charge is 0.461 e. The van der Waals surface area contributed by atoms with Crippen molar-refractivity contribution in [1.82, 2.24) is 29.8 Å². The molecule has 0 aromatic carbocycles. The van der Waals surface area contributed by atoms with E-state index in [1.54, 1.807) is 13.8 Å². The van der Waals surface area contributed by atoms with E-state index < -0.39 is 48.6 Å². The molecule has 0 amide bonds. The molecule has 0 spiro atoms. The molecular weight excluding hydrogens is 672 g/mol. The van der Waals surface area contributed by atoms with Crippen LogP contribution in [0, 0.1) is 6.92 Å². The number of unbranched alkanes of at least 4 members (excludes halogenated alkanes) is 2. The van der Waals surface area contributed by atoms with Gasteiger partial charge in [-0.05, 0) is 45.1 Å². The Labute approximate surface area is 292 Å². The predicted octanol–water partition coefficient (Wildman–Crippen LogP) is 0.771. The average Bonchev–Trinajstić information content (AvgIpc) is 3.65. The second-order valence-electron chi connectivity index (χ2n) is 12.0. The lowest BCUT2D eigenvalue weighted by molar-refractivity contribution is -0.145. The van der Waals surface area contributed by atoms with Gasteiger partial charge in [-0.3, -0.25) is 23.9 Å². The fraction of sp³-hybridized carbons (Fsp3) is 0.562. The summed E-state index contributed by atoms with van der Waals surface area (Å²) in [6, 6.07) is -1.39. The van der Waals surface area contributed by atoms with Crippen LogP contribution >= 0.6 is 11.8 Å². The summed E-state index contributed by atoms with van der Waals surface area (Å²) in [7, 11) is 0. The molecule has 17 nitrogen and oxygen atoms in total. The third-order valence-electron chi connectivity index (χ3n) is 8.31. The zero-order valence-corrected chi connectivity index (χ0v) is 29.0. The van der Waals surface area contributed by atoms with Crippen LogP contribution in [0.4, 0.5) is 5.82 Å². The number of pyridine rings is 1. The lowest BCUT2D eigenvalue weighted by Crippen LogP contribution is -2.46. The number of aromatic nitrogens is 5. The molecule has 3 aromatic heterocycles. The van der Waals surface area contributed by atoms with Crippen molar-refractivity contribution in [3.63, 3.8) is 0 Å². The van der Waals surface area contributed by atoms with Crippen molar-refractivity contribution in [1.29, 1.82) is 0 Å². The summed E-state index contributed by atoms with van der Waals surface area (Å²) < 4.78 is 18.5. The third kappa shape index (κ3) is 9.58. The van der Waals surface area contributed by atoms with Gasteiger partial charge in [0.1, 0.15) is 48.6 Å². The van der Waals surface area contributed by atoms with Gasteiger partial charge in [-0.2, -0.15) is 11.8 Å². The zero-order chi connectivity index (χ0) is 36.4. The number of aliphatic hydroxyl groups is 2. The summed E-state index contributed by atoms with van der Waals surface area (Å²) in [5.41, 5.74) is 12.6. The number of imidazole rings is 1. The molecule has 3 aromatic rings. The van der Waals surface area contributed by atoms with E-state index in [-0.39, 0.29) is 53.7 Å². The van der Waals surface area contributed by atoms with E-state index in [9.17, 15) is 29.4 Å². The first-order chi connectivity index (χ1) is 24.0. The maximum Gasteiger partial charge on any atom is 0.328 e. The van der Waals surface area contributed by atoms with E-state index in [2.05, 4.69) is 25.3 Å². The number of anilines is 1. The lowest BCUT2D eigenvalue weighted by Gasteiger charge is -2.22. The van der Waals surface area contributed by atoms with Crippen molar-refractivity contribution in [2.45, 2.75) is 95.6 Å². The molecule has 4 heterocycles. The molecule has 1 fully saturated rings. The summed E-state index contributed by atoms with van der Waals surface area (Å²) in [6.07, 6.45) is 4.41. The number of nitrogens with zero attached hydrogens (tertiary/aromatic N) is 5. The summed E-state index contributed by atoms with van der Waals surface area (Å²) in [5, 5.41) is 24.7. The van der Waals surface area contributed by atoms with Gasteiger partial charge in [0.2, 0.25) is 0 Å². The van der Waals surface area contributed by atoms with Crippen molar-refractivity contribution in [3.05, 3.63) is 35.7 Å². The Bertz CT molecular complexity index is 1660. The predicted molar refractivity (Wildman–Crippen MR) is 182 cm³/mol. The zero-order valence-electron chi connectivity index (χ0n) is 28.2. The van der Waals surface area contributed by atoms with Gasteiger partial charge < -0.3 is 41.2 Å². The van der Waals surface area contributed by atoms with Gasteiger partial charge in [0.25, 0.3) is 0 Å². The van der Waals surface area contributed by atoms with Crippen LogP contribution in [0.1, 0.15) is 73.3 Å². The topological polar surface area (TPSA) is 257 Å². The number of aliphatic hydroxyl groups excluding tert-OH is 2. The van der Waals surface area contributed by atoms with Crippen molar-refractivity contribution in [2.75, 3.05) is 24.3 Å². The Hall–Kier alpha value is -4.07. The second kappa shape index (κ2) is 18.2. The van der Waals surface area contributed by atoms with Crippen LogP contribution in [0.5, 0.6) is 5.75 Å². The first-order valence-electron chi connectivity index (χ1n) is 16.2. The standard InChI is InChI=1S/C32H44N8O9S/c1-17(33)22(42)7-5-4-6-8-24(43)47-14-19-11-35-18(2)28(20(19)13-41)49-32(46)21(9-10-50-3)36-12-23-26(44)27(45)31(48-23)40-16-39-25-29(34)37-15-38-30(25)40/h11,13,15-17,21,23,26-27,31,36,44-45H,4-10,12,14,33H2,1-3H3,(H2,34,37,38)/t17?,21-,23+,26+,27+,31+/m0/s1. The van der Waals surface area contributed by atoms with Crippen molar-refractivity contribution >= 4 is 52.8 Å². The number of fused-ring (bicyclic) bond motifs is 1. The van der Waals surface area contributed by atoms with E-state index >= 15 is 0 Å². The highest BCUT2D eigenvalue weighted by Gasteiger charge is 2.44. The molecule has 0 radical (unpaired) electrons. The van der Waals surface area contributed by atoms with Crippen LogP contribution in [0.15, 0.2) is 18.9 Å². The number of carbonyl (C=O) groups is 4. The number of aldehydes is 1. The highest BCUT2D eigenvalue weighted by molar-refractivity contribution is 7.98. The molecule has 0 saturated carbocycles. The number of hydrogen-bond acceptors (Lipinski definition) is 17. The minimum Gasteiger partial charge on any atom is -0.461 e. The van der Waals surface area contributed by atoms with Gasteiger partial charge in [0.05, 0.1) is 23.6 Å². The number of esters is 2. The highest BCUT2D eigenvalue weighted by atomic mass is 32.2. The van der Waals surface area contributed by atoms with Crippen LogP contribution in [0.3, 0.4) is 0 Å². The minimum absolute atomic E-state index is 0.0224. The maximum atomic E-state index is 13.5. The van der Waals surface area contributed by atoms with E-state index in [1.807, 2.05) is 6.26 Å². The fourth-order valence-electron chi connectivity index (χ4n) is 5.37. The smallest absolute Gasteiger partial charge is 0.328 e. The molecule has 6 atom stereocenters. The monoisotopic (exact) mass is 716 g/mol. The number of hydrogen-bond donors (Lipinski definition) is 5. The minimum atomic E-state index is -1.34. The van der Waals surface area contributed by atoms with Gasteiger partial charge in [-0.1, -0.05) is 6.42 Å². The molecule has 272 valence electrons. The number of nitrogens with two attached hydrogens (primary N) is 2. The van der Waals surface area contributed by atoms with Crippen LogP contribution in [-0.4, -0.2) is 108 Å². The van der Waals surface area contributed by atoms with Crippen LogP contribution < -0.4 is 21.5 Å². The molecule has 50 heavy (non-hydrogen) atoms. The molecular formula is C32H44N8O9S. The number of nitrogen functional groups attached to an aromatic ring is 1. The summed E-state index contributed by atoms with van der Waals surface area (Å²) >= 11 is 1.51. The molecule has 1 saturated heterocycles. The maximum absolute atomic E-state index is 13.5. The number of carbonyl (C=O) groups excluding carboxylic acids is 4. The number of Topliss-reactive ketones (excluding diaryl/α,β-unsaturated/α-hetero) is 1. The Kier molecular flexibility index (Phi) is 14.1. The van der Waals surface area contributed by atoms with Gasteiger partial charge in [0, 0.05) is 31.1 Å². The SMILES string of the molecule is CSCC[C@H](NC[C@H]1O[C@@H](n2cnc3c(N)ncnc32)[C@H](O)[C@@H]1O)C(=O)Oc1c(C)ncc(COC(=O)CCCCCC(=O)C(C)N)c1C=O. The van der Waals surface area contributed by atoms with Gasteiger partial charge >= 0.3 is 11.9 Å². The quantitative estimate of drug-likeness (QED) is 0.0652. The molecule has 4 rings (SSSR count). The number of ether oxygens (including phenoxy) is 3. The van der Waals surface area contributed by atoms with Crippen LogP contribution in [0.2, 0.25) is 0 Å². The first kappa shape index (κ1) is 38.7. The average molecular weight is 717 g/mol. The van der Waals surface area contributed by atoms with Gasteiger partial charge in [-0.15, -0.1) is 0 Å². The number of thioether (sulfide) groups is 1. The number of nitrogens with one attached hydrogen (secondary N) is 1. The van der Waals surface area contributed by atoms with Crippen molar-refractivity contribution in [3.8, 4) is 5.75 Å². The highest BCUT2D eigenvalue weighted by Crippen LogP contribution is 2.32. The van der Waals surface area contributed by atoms with Crippen LogP contribution in [0.25, 0.3) is 11.2 Å². The van der Waals surface area contributed by atoms with E-state index in [0.29, 0.717) is 55.3 Å². The fourth-order valence-corrected chi connectivity index (χ4v) is 5.84. The first-order valence-corrected chi connectivity index (χ1v) is 17.6. The Morgan fingerprint density at radius 1 is 1.14 bits per heavy atom. The lowest BCUT2D eigenvalue weighted by atomic mass is 10.1. The van der Waals surface area contributed by atoms with Crippen LogP contribution in [-0.2, 0) is 30.5 Å².